The van der Waals surface area contributed by atoms with Crippen LogP contribution in [-0.2, 0) is 4.79 Å². The number of thiazole rings is 1. The number of aromatic nitrogens is 2. The number of hydrogen-bond donors (Lipinski definition) is 2. The molecule has 1 atom stereocenters. The van der Waals surface area contributed by atoms with E-state index in [0.29, 0.717) is 10.7 Å². The molecule has 0 saturated carbocycles. The zero-order valence-electron chi connectivity index (χ0n) is 16.2. The molecule has 2 aromatic heterocycles. The third-order valence-corrected chi connectivity index (χ3v) is 5.98. The van der Waals surface area contributed by atoms with Crippen LogP contribution in [-0.4, -0.2) is 22.2 Å². The molecule has 29 heavy (non-hydrogen) atoms. The minimum Gasteiger partial charge on any atom is -0.360 e. The van der Waals surface area contributed by atoms with E-state index in [-0.39, 0.29) is 11.8 Å². The minimum atomic E-state index is -0.766. The summed E-state index contributed by atoms with van der Waals surface area (Å²) in [7, 11) is 0. The highest BCUT2D eigenvalue weighted by Crippen LogP contribution is 2.42. The van der Waals surface area contributed by atoms with Crippen LogP contribution in [0.1, 0.15) is 41.3 Å². The molecule has 1 amide bonds. The number of carbonyl (C=O) groups is 2. The van der Waals surface area contributed by atoms with Crippen LogP contribution in [0.4, 0.5) is 5.13 Å². The van der Waals surface area contributed by atoms with Gasteiger partial charge in [0.05, 0.1) is 5.41 Å². The van der Waals surface area contributed by atoms with E-state index in [9.17, 15) is 9.59 Å². The van der Waals surface area contributed by atoms with Crippen molar-refractivity contribution >= 4 is 39.6 Å². The SMILES string of the molecule is CC(C)(C(=O)Nc1nccs1)C(c1ccccc1)c1ccc2[nH]cc(C=O)c2c1. The zero-order valence-corrected chi connectivity index (χ0v) is 17.0. The summed E-state index contributed by atoms with van der Waals surface area (Å²) in [5.41, 5.74) is 2.75. The standard InChI is InChI=1S/C23H21N3O2S/c1-23(2,21(28)26-22-24-10-11-29-22)20(15-6-4-3-5-7-15)16-8-9-19-18(12-16)17(14-27)13-25-19/h3-14,20,25H,1-2H3,(H,24,26,28). The number of rotatable bonds is 6. The third-order valence-electron chi connectivity index (χ3n) is 5.29. The van der Waals surface area contributed by atoms with E-state index in [0.717, 1.165) is 28.3 Å². The quantitative estimate of drug-likeness (QED) is 0.433. The first-order valence-corrected chi connectivity index (χ1v) is 10.2. The number of nitrogens with zero attached hydrogens (tertiary/aromatic N) is 1. The maximum absolute atomic E-state index is 13.3. The van der Waals surface area contributed by atoms with Crippen molar-refractivity contribution in [3.05, 3.63) is 83.0 Å². The molecule has 0 fully saturated rings. The van der Waals surface area contributed by atoms with Gasteiger partial charge in [-0.2, -0.15) is 0 Å². The highest BCUT2D eigenvalue weighted by atomic mass is 32.1. The largest absolute Gasteiger partial charge is 0.360 e. The van der Waals surface area contributed by atoms with Gasteiger partial charge in [0.1, 0.15) is 0 Å². The van der Waals surface area contributed by atoms with Gasteiger partial charge in [-0.1, -0.05) is 50.2 Å². The van der Waals surface area contributed by atoms with E-state index in [1.54, 1.807) is 12.4 Å². The number of aldehydes is 1. The molecule has 0 saturated heterocycles. The number of amides is 1. The van der Waals surface area contributed by atoms with Crippen LogP contribution in [0.2, 0.25) is 0 Å². The molecule has 6 heteroatoms. The van der Waals surface area contributed by atoms with E-state index in [1.165, 1.54) is 11.3 Å². The Bertz CT molecular complexity index is 1150. The fourth-order valence-corrected chi connectivity index (χ4v) is 4.31. The first-order valence-electron chi connectivity index (χ1n) is 9.33. The highest BCUT2D eigenvalue weighted by Gasteiger charge is 2.39. The molecule has 2 aromatic carbocycles. The van der Waals surface area contributed by atoms with Crippen LogP contribution >= 0.6 is 11.3 Å². The molecule has 0 aliphatic heterocycles. The van der Waals surface area contributed by atoms with Gasteiger partial charge >= 0.3 is 0 Å². The Balaban J connectivity index is 1.81. The second-order valence-corrected chi connectivity index (χ2v) is 8.42. The van der Waals surface area contributed by atoms with Gasteiger partial charge in [-0.15, -0.1) is 11.3 Å². The number of anilines is 1. The molecule has 146 valence electrons. The van der Waals surface area contributed by atoms with Crippen molar-refractivity contribution in [1.29, 1.82) is 0 Å². The fourth-order valence-electron chi connectivity index (χ4n) is 3.78. The molecule has 2 N–H and O–H groups in total. The number of fused-ring (bicyclic) bond motifs is 1. The number of hydrogen-bond acceptors (Lipinski definition) is 4. The summed E-state index contributed by atoms with van der Waals surface area (Å²) < 4.78 is 0. The lowest BCUT2D eigenvalue weighted by Gasteiger charge is -2.34. The van der Waals surface area contributed by atoms with Gasteiger partial charge in [-0.3, -0.25) is 9.59 Å². The van der Waals surface area contributed by atoms with Gasteiger partial charge in [0, 0.05) is 40.2 Å². The molecule has 1 unspecified atom stereocenters. The smallest absolute Gasteiger partial charge is 0.232 e. The van der Waals surface area contributed by atoms with E-state index in [1.807, 2.05) is 67.8 Å². The topological polar surface area (TPSA) is 74.8 Å². The molecule has 5 nitrogen and oxygen atoms in total. The van der Waals surface area contributed by atoms with Gasteiger partial charge in [0.2, 0.25) is 5.91 Å². The lowest BCUT2D eigenvalue weighted by Crippen LogP contribution is -2.37. The number of aromatic amines is 1. The Labute approximate surface area is 172 Å². The van der Waals surface area contributed by atoms with Crippen LogP contribution < -0.4 is 5.32 Å². The lowest BCUT2D eigenvalue weighted by atomic mass is 9.70. The van der Waals surface area contributed by atoms with Gasteiger partial charge in [-0.25, -0.2) is 4.98 Å². The van der Waals surface area contributed by atoms with E-state index < -0.39 is 5.41 Å². The van der Waals surface area contributed by atoms with E-state index >= 15 is 0 Å². The van der Waals surface area contributed by atoms with Gasteiger partial charge < -0.3 is 10.3 Å². The van der Waals surface area contributed by atoms with Crippen molar-refractivity contribution in [3.8, 4) is 0 Å². The molecule has 4 aromatic rings. The molecular weight excluding hydrogens is 382 g/mol. The predicted octanol–water partition coefficient (Wildman–Crippen LogP) is 5.23. The van der Waals surface area contributed by atoms with Crippen molar-refractivity contribution in [1.82, 2.24) is 9.97 Å². The van der Waals surface area contributed by atoms with Crippen LogP contribution in [0, 0.1) is 5.41 Å². The van der Waals surface area contributed by atoms with Gasteiger partial charge in [0.15, 0.2) is 11.4 Å². The van der Waals surface area contributed by atoms with Crippen LogP contribution in [0.5, 0.6) is 0 Å². The molecule has 0 radical (unpaired) electrons. The summed E-state index contributed by atoms with van der Waals surface area (Å²) in [4.78, 5) is 32.0. The highest BCUT2D eigenvalue weighted by molar-refractivity contribution is 7.13. The summed E-state index contributed by atoms with van der Waals surface area (Å²) in [5.74, 6) is -0.312. The Morgan fingerprint density at radius 2 is 1.97 bits per heavy atom. The second kappa shape index (κ2) is 7.64. The average molecular weight is 404 g/mol. The first kappa shape index (κ1) is 19.1. The summed E-state index contributed by atoms with van der Waals surface area (Å²) in [6.07, 6.45) is 4.22. The second-order valence-electron chi connectivity index (χ2n) is 7.52. The maximum Gasteiger partial charge on any atom is 0.232 e. The van der Waals surface area contributed by atoms with Gasteiger partial charge in [0.25, 0.3) is 0 Å². The first-order chi connectivity index (χ1) is 14.0. The molecule has 0 bridgehead atoms. The van der Waals surface area contributed by atoms with Crippen LogP contribution in [0.3, 0.4) is 0 Å². The molecule has 0 aliphatic carbocycles. The lowest BCUT2D eigenvalue weighted by molar-refractivity contribution is -0.124. The van der Waals surface area contributed by atoms with Crippen molar-refractivity contribution in [2.45, 2.75) is 19.8 Å². The van der Waals surface area contributed by atoms with E-state index in [2.05, 4.69) is 15.3 Å². The molecule has 0 aliphatic rings. The third kappa shape index (κ3) is 3.59. The van der Waals surface area contributed by atoms with Gasteiger partial charge in [-0.05, 0) is 23.3 Å². The normalized spacial score (nSPS) is 12.6. The summed E-state index contributed by atoms with van der Waals surface area (Å²) in [5, 5.41) is 6.21. The number of nitrogens with one attached hydrogen (secondary N) is 2. The Morgan fingerprint density at radius 3 is 2.66 bits per heavy atom. The van der Waals surface area contributed by atoms with E-state index in [4.69, 9.17) is 0 Å². The molecular formula is C23H21N3O2S. The van der Waals surface area contributed by atoms with Crippen molar-refractivity contribution in [2.24, 2.45) is 5.41 Å². The summed E-state index contributed by atoms with van der Waals surface area (Å²) in [6.45, 7) is 3.88. The van der Waals surface area contributed by atoms with Crippen molar-refractivity contribution in [3.63, 3.8) is 0 Å². The predicted molar refractivity (Wildman–Crippen MR) is 116 cm³/mol. The Kier molecular flexibility index (Phi) is 5.03. The van der Waals surface area contributed by atoms with Crippen molar-refractivity contribution in [2.75, 3.05) is 5.32 Å². The average Bonchev–Trinajstić information content (AvgIpc) is 3.38. The summed E-state index contributed by atoms with van der Waals surface area (Å²) >= 11 is 1.39. The van der Waals surface area contributed by atoms with Crippen molar-refractivity contribution < 1.29 is 9.59 Å². The number of H-pyrrole nitrogens is 1. The maximum atomic E-state index is 13.3. The number of carbonyl (C=O) groups excluding carboxylic acids is 2. The minimum absolute atomic E-state index is 0.105. The Hall–Kier alpha value is -3.25. The molecule has 2 heterocycles. The summed E-state index contributed by atoms with van der Waals surface area (Å²) in [6, 6.07) is 16.0. The fraction of sp³-hybridized carbons (Fsp3) is 0.174. The molecule has 4 rings (SSSR count). The zero-order chi connectivity index (χ0) is 20.4. The molecule has 0 spiro atoms. The van der Waals surface area contributed by atoms with Crippen LogP contribution in [0.15, 0.2) is 66.3 Å². The Morgan fingerprint density at radius 1 is 1.17 bits per heavy atom. The number of benzene rings is 2. The van der Waals surface area contributed by atoms with Crippen LogP contribution in [0.25, 0.3) is 10.9 Å². The monoisotopic (exact) mass is 403 g/mol.